The van der Waals surface area contributed by atoms with Gasteiger partial charge < -0.3 is 21.1 Å². The fraction of sp³-hybridized carbons (Fsp3) is 0.692. The van der Waals surface area contributed by atoms with Gasteiger partial charge in [0.1, 0.15) is 10.7 Å². The fourth-order valence-electron chi connectivity index (χ4n) is 1.79. The summed E-state index contributed by atoms with van der Waals surface area (Å²) in [5.41, 5.74) is 5.81. The number of aromatic nitrogens is 1. The van der Waals surface area contributed by atoms with Crippen molar-refractivity contribution in [3.63, 3.8) is 0 Å². The second-order valence-electron chi connectivity index (χ2n) is 4.63. The zero-order valence-electron chi connectivity index (χ0n) is 12.3. The number of nitrogens with two attached hydrogens (primary N) is 1. The molecule has 0 fully saturated rings. The van der Waals surface area contributed by atoms with E-state index >= 15 is 0 Å². The second kappa shape index (κ2) is 8.06. The van der Waals surface area contributed by atoms with Crippen LogP contribution >= 0.6 is 11.3 Å². The Morgan fingerprint density at radius 3 is 2.70 bits per heavy atom. The van der Waals surface area contributed by atoms with E-state index in [1.807, 2.05) is 13.8 Å². The van der Waals surface area contributed by atoms with Gasteiger partial charge in [-0.3, -0.25) is 4.79 Å². The van der Waals surface area contributed by atoms with Gasteiger partial charge >= 0.3 is 0 Å². The molecule has 114 valence electrons. The summed E-state index contributed by atoms with van der Waals surface area (Å²) in [5.74, 6) is 0.0916. The molecule has 7 heteroatoms. The van der Waals surface area contributed by atoms with E-state index in [1.165, 1.54) is 11.3 Å². The molecule has 1 heterocycles. The molecular weight excluding hydrogens is 276 g/mol. The monoisotopic (exact) mass is 300 g/mol. The van der Waals surface area contributed by atoms with Gasteiger partial charge in [-0.2, -0.15) is 0 Å². The van der Waals surface area contributed by atoms with Gasteiger partial charge in [0.15, 0.2) is 5.13 Å². The minimum absolute atomic E-state index is 0.191. The first-order valence-corrected chi connectivity index (χ1v) is 7.78. The van der Waals surface area contributed by atoms with Crippen LogP contribution < -0.4 is 16.0 Å². The summed E-state index contributed by atoms with van der Waals surface area (Å²) in [6.45, 7) is 8.01. The van der Waals surface area contributed by atoms with Crippen LogP contribution in [0.4, 0.5) is 10.9 Å². The maximum atomic E-state index is 12.0. The Morgan fingerprint density at radius 1 is 1.50 bits per heavy atom. The van der Waals surface area contributed by atoms with E-state index in [0.29, 0.717) is 17.8 Å². The van der Waals surface area contributed by atoms with Gasteiger partial charge in [-0.05, 0) is 33.6 Å². The number of rotatable bonds is 8. The molecule has 0 saturated carbocycles. The van der Waals surface area contributed by atoms with E-state index in [1.54, 1.807) is 6.92 Å². The summed E-state index contributed by atoms with van der Waals surface area (Å²) in [6, 6.07) is 0. The van der Waals surface area contributed by atoms with Gasteiger partial charge in [-0.1, -0.05) is 11.3 Å². The summed E-state index contributed by atoms with van der Waals surface area (Å²) in [5, 5.41) is 12.7. The zero-order chi connectivity index (χ0) is 15.1. The Balaban J connectivity index is 2.60. The van der Waals surface area contributed by atoms with Crippen molar-refractivity contribution >= 4 is 28.2 Å². The van der Waals surface area contributed by atoms with Gasteiger partial charge in [0.25, 0.3) is 5.91 Å². The Morgan fingerprint density at radius 2 is 2.15 bits per heavy atom. The molecule has 0 spiro atoms. The highest BCUT2D eigenvalue weighted by molar-refractivity contribution is 7.18. The Kier molecular flexibility index (Phi) is 6.74. The number of aliphatic hydroxyl groups is 1. The Hall–Kier alpha value is -1.34. The number of hydrogen-bond acceptors (Lipinski definition) is 6. The smallest absolute Gasteiger partial charge is 0.265 e. The number of anilines is 2. The van der Waals surface area contributed by atoms with E-state index in [2.05, 4.69) is 15.2 Å². The summed E-state index contributed by atoms with van der Waals surface area (Å²) < 4.78 is 0. The molecule has 0 bridgehead atoms. The van der Waals surface area contributed by atoms with Crippen molar-refractivity contribution in [2.75, 3.05) is 30.3 Å². The molecule has 0 aliphatic carbocycles. The lowest BCUT2D eigenvalue weighted by Crippen LogP contribution is -2.25. The molecule has 1 unspecified atom stereocenters. The summed E-state index contributed by atoms with van der Waals surface area (Å²) in [4.78, 5) is 18.8. The molecule has 0 saturated heterocycles. The van der Waals surface area contributed by atoms with Crippen molar-refractivity contribution in [3.8, 4) is 0 Å². The number of hydrogen-bond donors (Lipinski definition) is 3. The van der Waals surface area contributed by atoms with Crippen LogP contribution in [0, 0.1) is 0 Å². The van der Waals surface area contributed by atoms with Crippen LogP contribution in [0.2, 0.25) is 0 Å². The largest absolute Gasteiger partial charge is 0.393 e. The number of thiazole rings is 1. The van der Waals surface area contributed by atoms with Crippen LogP contribution in [0.1, 0.15) is 43.3 Å². The fourth-order valence-corrected chi connectivity index (χ4v) is 2.82. The second-order valence-corrected chi connectivity index (χ2v) is 5.61. The van der Waals surface area contributed by atoms with E-state index < -0.39 is 0 Å². The highest BCUT2D eigenvalue weighted by atomic mass is 32.1. The number of aliphatic hydroxyl groups excluding tert-OH is 1. The van der Waals surface area contributed by atoms with Crippen molar-refractivity contribution in [1.29, 1.82) is 0 Å². The third kappa shape index (κ3) is 4.64. The van der Waals surface area contributed by atoms with Crippen molar-refractivity contribution in [2.45, 2.75) is 39.7 Å². The van der Waals surface area contributed by atoms with Crippen LogP contribution in [-0.2, 0) is 0 Å². The van der Waals surface area contributed by atoms with Crippen LogP contribution in [0.25, 0.3) is 0 Å². The number of nitrogens with zero attached hydrogens (tertiary/aromatic N) is 2. The molecule has 4 N–H and O–H groups in total. The van der Waals surface area contributed by atoms with Gasteiger partial charge in [0, 0.05) is 19.6 Å². The molecule has 0 aromatic carbocycles. The lowest BCUT2D eigenvalue weighted by molar-refractivity contribution is 0.0954. The number of nitrogens with one attached hydrogen (secondary N) is 1. The molecule has 20 heavy (non-hydrogen) atoms. The van der Waals surface area contributed by atoms with Gasteiger partial charge in [-0.15, -0.1) is 0 Å². The van der Waals surface area contributed by atoms with Crippen molar-refractivity contribution in [1.82, 2.24) is 10.3 Å². The molecule has 1 rings (SSSR count). The average molecular weight is 300 g/mol. The topological polar surface area (TPSA) is 91.5 Å². The molecule has 0 aliphatic heterocycles. The number of carbonyl (C=O) groups is 1. The molecule has 0 aliphatic rings. The molecule has 0 radical (unpaired) electrons. The third-order valence-electron chi connectivity index (χ3n) is 2.97. The SMILES string of the molecule is CCN(CC)c1nc(N)c(C(=O)NCCCC(C)O)s1. The molecule has 1 amide bonds. The first-order valence-electron chi connectivity index (χ1n) is 6.97. The average Bonchev–Trinajstić information content (AvgIpc) is 2.78. The number of amides is 1. The van der Waals surface area contributed by atoms with Crippen LogP contribution in [0.3, 0.4) is 0 Å². The molecule has 6 nitrogen and oxygen atoms in total. The normalized spacial score (nSPS) is 12.2. The summed E-state index contributed by atoms with van der Waals surface area (Å²) >= 11 is 1.32. The standard InChI is InChI=1S/C13H24N4O2S/c1-4-17(5-2)13-16-11(14)10(20-13)12(19)15-8-6-7-9(3)18/h9,18H,4-8,14H2,1-3H3,(H,15,19). The van der Waals surface area contributed by atoms with E-state index in [-0.39, 0.29) is 17.8 Å². The van der Waals surface area contributed by atoms with Crippen molar-refractivity contribution < 1.29 is 9.90 Å². The van der Waals surface area contributed by atoms with E-state index in [9.17, 15) is 4.79 Å². The summed E-state index contributed by atoms with van der Waals surface area (Å²) in [7, 11) is 0. The lowest BCUT2D eigenvalue weighted by Gasteiger charge is -2.16. The molecule has 1 aromatic rings. The predicted molar refractivity (Wildman–Crippen MR) is 83.3 cm³/mol. The van der Waals surface area contributed by atoms with Gasteiger partial charge in [0.05, 0.1) is 6.10 Å². The van der Waals surface area contributed by atoms with Gasteiger partial charge in [0.2, 0.25) is 0 Å². The molecule has 1 atom stereocenters. The maximum absolute atomic E-state index is 12.0. The first kappa shape index (κ1) is 16.7. The Labute approximate surface area is 124 Å². The zero-order valence-corrected chi connectivity index (χ0v) is 13.2. The molecule has 1 aromatic heterocycles. The Bertz CT molecular complexity index is 430. The highest BCUT2D eigenvalue weighted by Crippen LogP contribution is 2.27. The lowest BCUT2D eigenvalue weighted by atomic mass is 10.2. The number of nitrogen functional groups attached to an aromatic ring is 1. The quantitative estimate of drug-likeness (QED) is 0.632. The maximum Gasteiger partial charge on any atom is 0.265 e. The first-order chi connectivity index (χ1) is 9.49. The molecular formula is C13H24N4O2S. The van der Waals surface area contributed by atoms with Crippen molar-refractivity contribution in [3.05, 3.63) is 4.88 Å². The van der Waals surface area contributed by atoms with E-state index in [4.69, 9.17) is 10.8 Å². The summed E-state index contributed by atoms with van der Waals surface area (Å²) in [6.07, 6.45) is 1.07. The van der Waals surface area contributed by atoms with E-state index in [0.717, 1.165) is 24.6 Å². The minimum Gasteiger partial charge on any atom is -0.393 e. The highest BCUT2D eigenvalue weighted by Gasteiger charge is 2.18. The predicted octanol–water partition coefficient (Wildman–Crippen LogP) is 1.46. The van der Waals surface area contributed by atoms with Crippen LogP contribution in [0.15, 0.2) is 0 Å². The number of carbonyl (C=O) groups excluding carboxylic acids is 1. The van der Waals surface area contributed by atoms with Crippen molar-refractivity contribution in [2.24, 2.45) is 0 Å². The minimum atomic E-state index is -0.338. The van der Waals surface area contributed by atoms with Crippen LogP contribution in [0.5, 0.6) is 0 Å². The third-order valence-corrected chi connectivity index (χ3v) is 4.10. The van der Waals surface area contributed by atoms with Crippen LogP contribution in [-0.4, -0.2) is 41.7 Å². The van der Waals surface area contributed by atoms with Gasteiger partial charge in [-0.25, -0.2) is 4.98 Å².